The molecular weight excluding hydrogens is 232 g/mol. The summed E-state index contributed by atoms with van der Waals surface area (Å²) in [5.74, 6) is 2.63. The van der Waals surface area contributed by atoms with Crippen molar-refractivity contribution in [3.63, 3.8) is 0 Å². The smallest absolute Gasteiger partial charge is 0.143 e. The van der Waals surface area contributed by atoms with E-state index in [0.29, 0.717) is 17.4 Å². The van der Waals surface area contributed by atoms with Gasteiger partial charge in [0, 0.05) is 11.3 Å². The summed E-state index contributed by atoms with van der Waals surface area (Å²) in [6.45, 7) is 2.69. The zero-order valence-corrected chi connectivity index (χ0v) is 10.3. The van der Waals surface area contributed by atoms with E-state index in [1.807, 2.05) is 23.9 Å². The molecule has 0 heterocycles. The van der Waals surface area contributed by atoms with E-state index >= 15 is 0 Å². The molecule has 0 saturated heterocycles. The molecule has 0 bridgehead atoms. The summed E-state index contributed by atoms with van der Waals surface area (Å²) in [4.78, 5) is 0. The van der Waals surface area contributed by atoms with E-state index in [1.54, 1.807) is 6.07 Å². The monoisotopic (exact) mass is 246 g/mol. The minimum Gasteiger partial charge on any atom is -0.491 e. The van der Waals surface area contributed by atoms with Crippen LogP contribution < -0.4 is 4.74 Å². The highest BCUT2D eigenvalue weighted by Crippen LogP contribution is 2.28. The summed E-state index contributed by atoms with van der Waals surface area (Å²) in [5, 5.41) is 9.66. The first-order valence-corrected chi connectivity index (χ1v) is 6.41. The molecule has 0 amide bonds. The van der Waals surface area contributed by atoms with Crippen LogP contribution in [-0.4, -0.2) is 23.2 Å². The van der Waals surface area contributed by atoms with Gasteiger partial charge in [-0.1, -0.05) is 30.7 Å². The first-order valence-electron chi connectivity index (χ1n) is 4.88. The Kier molecular flexibility index (Phi) is 5.91. The van der Waals surface area contributed by atoms with E-state index < -0.39 is 0 Å². The third-order valence-corrected chi connectivity index (χ3v) is 3.06. The fourth-order valence-electron chi connectivity index (χ4n) is 1.19. The van der Waals surface area contributed by atoms with Crippen molar-refractivity contribution in [2.24, 2.45) is 0 Å². The number of halogens is 1. The van der Waals surface area contributed by atoms with Crippen molar-refractivity contribution in [2.75, 3.05) is 18.1 Å². The average molecular weight is 247 g/mol. The van der Waals surface area contributed by atoms with Crippen LogP contribution in [0.1, 0.15) is 12.5 Å². The number of rotatable bonds is 6. The highest BCUT2D eigenvalue weighted by atomic mass is 35.5. The minimum atomic E-state index is -0.0448. The van der Waals surface area contributed by atoms with Gasteiger partial charge in [-0.15, -0.1) is 0 Å². The molecule has 0 radical (unpaired) electrons. The molecule has 0 aromatic heterocycles. The number of thioether (sulfide) groups is 1. The Morgan fingerprint density at radius 2 is 2.27 bits per heavy atom. The number of benzene rings is 1. The van der Waals surface area contributed by atoms with Gasteiger partial charge in [0.2, 0.25) is 0 Å². The molecule has 15 heavy (non-hydrogen) atoms. The van der Waals surface area contributed by atoms with Crippen molar-refractivity contribution < 1.29 is 9.84 Å². The summed E-state index contributed by atoms with van der Waals surface area (Å²) in [6.07, 6.45) is 0. The third-order valence-electron chi connectivity index (χ3n) is 1.90. The van der Waals surface area contributed by atoms with Crippen LogP contribution in [0.5, 0.6) is 5.75 Å². The summed E-state index contributed by atoms with van der Waals surface area (Å²) in [7, 11) is 0. The van der Waals surface area contributed by atoms with Gasteiger partial charge in [-0.3, -0.25) is 0 Å². The molecule has 4 heteroatoms. The van der Waals surface area contributed by atoms with Gasteiger partial charge in [0.15, 0.2) is 0 Å². The second-order valence-corrected chi connectivity index (χ2v) is 4.73. The number of hydrogen-bond donors (Lipinski definition) is 1. The Morgan fingerprint density at radius 1 is 1.47 bits per heavy atom. The van der Waals surface area contributed by atoms with Crippen LogP contribution in [0.15, 0.2) is 18.2 Å². The van der Waals surface area contributed by atoms with Crippen LogP contribution in [0.2, 0.25) is 5.02 Å². The molecule has 0 saturated carbocycles. The molecule has 0 fully saturated rings. The number of aliphatic hydroxyl groups is 1. The second kappa shape index (κ2) is 6.99. The van der Waals surface area contributed by atoms with Crippen molar-refractivity contribution in [1.82, 2.24) is 0 Å². The molecule has 1 aromatic rings. The minimum absolute atomic E-state index is 0.0448. The normalized spacial score (nSPS) is 10.3. The molecule has 0 aliphatic carbocycles. The zero-order chi connectivity index (χ0) is 11.1. The van der Waals surface area contributed by atoms with Crippen molar-refractivity contribution >= 4 is 23.4 Å². The maximum absolute atomic E-state index is 9.10. The quantitative estimate of drug-likeness (QED) is 0.783. The summed E-state index contributed by atoms with van der Waals surface area (Å²) < 4.78 is 5.55. The van der Waals surface area contributed by atoms with E-state index in [4.69, 9.17) is 21.4 Å². The molecule has 0 aliphatic heterocycles. The van der Waals surface area contributed by atoms with Gasteiger partial charge in [-0.25, -0.2) is 0 Å². The molecule has 1 rings (SSSR count). The maximum atomic E-state index is 9.10. The molecule has 0 atom stereocenters. The van der Waals surface area contributed by atoms with E-state index in [-0.39, 0.29) is 6.61 Å². The molecule has 84 valence electrons. The Balaban J connectivity index is 2.58. The van der Waals surface area contributed by atoms with Crippen LogP contribution in [-0.2, 0) is 6.61 Å². The molecule has 0 aliphatic rings. The molecule has 1 N–H and O–H groups in total. The van der Waals surface area contributed by atoms with Crippen LogP contribution in [0.4, 0.5) is 0 Å². The molecule has 2 nitrogen and oxygen atoms in total. The van der Waals surface area contributed by atoms with Crippen molar-refractivity contribution in [2.45, 2.75) is 13.5 Å². The highest BCUT2D eigenvalue weighted by molar-refractivity contribution is 7.99. The van der Waals surface area contributed by atoms with Gasteiger partial charge >= 0.3 is 0 Å². The standard InChI is InChI=1S/C11H15ClO2S/c1-2-15-7-6-14-11-9(8-13)4-3-5-10(11)12/h3-5,13H,2,6-8H2,1H3. The molecule has 0 spiro atoms. The number of aliphatic hydroxyl groups excluding tert-OH is 1. The topological polar surface area (TPSA) is 29.5 Å². The van der Waals surface area contributed by atoms with Gasteiger partial charge in [0.25, 0.3) is 0 Å². The Bertz CT molecular complexity index is 305. The summed E-state index contributed by atoms with van der Waals surface area (Å²) in [5.41, 5.74) is 0.740. The summed E-state index contributed by atoms with van der Waals surface area (Å²) >= 11 is 7.79. The van der Waals surface area contributed by atoms with E-state index in [0.717, 1.165) is 17.1 Å². The van der Waals surface area contributed by atoms with Gasteiger partial charge in [0.05, 0.1) is 18.2 Å². The van der Waals surface area contributed by atoms with Gasteiger partial charge in [-0.2, -0.15) is 11.8 Å². The van der Waals surface area contributed by atoms with Crippen LogP contribution in [0.25, 0.3) is 0 Å². The predicted octanol–water partition coefficient (Wildman–Crippen LogP) is 2.96. The van der Waals surface area contributed by atoms with E-state index in [9.17, 15) is 0 Å². The van der Waals surface area contributed by atoms with Gasteiger partial charge < -0.3 is 9.84 Å². The van der Waals surface area contributed by atoms with Crippen LogP contribution in [0.3, 0.4) is 0 Å². The lowest BCUT2D eigenvalue weighted by atomic mass is 10.2. The van der Waals surface area contributed by atoms with E-state index in [2.05, 4.69) is 6.92 Å². The van der Waals surface area contributed by atoms with Crippen molar-refractivity contribution in [1.29, 1.82) is 0 Å². The Hall–Kier alpha value is -0.380. The number of ether oxygens (including phenoxy) is 1. The van der Waals surface area contributed by atoms with Gasteiger partial charge in [0.1, 0.15) is 5.75 Å². The number of para-hydroxylation sites is 1. The first-order chi connectivity index (χ1) is 7.29. The Morgan fingerprint density at radius 3 is 2.93 bits per heavy atom. The van der Waals surface area contributed by atoms with Gasteiger partial charge in [-0.05, 0) is 11.8 Å². The first kappa shape index (κ1) is 12.7. The molecule has 1 aromatic carbocycles. The maximum Gasteiger partial charge on any atom is 0.143 e. The van der Waals surface area contributed by atoms with Crippen LogP contribution >= 0.6 is 23.4 Å². The lowest BCUT2D eigenvalue weighted by Gasteiger charge is -2.11. The zero-order valence-electron chi connectivity index (χ0n) is 8.70. The second-order valence-electron chi connectivity index (χ2n) is 2.93. The third kappa shape index (κ3) is 3.93. The predicted molar refractivity (Wildman–Crippen MR) is 65.9 cm³/mol. The summed E-state index contributed by atoms with van der Waals surface area (Å²) in [6, 6.07) is 5.39. The Labute approximate surface area is 99.6 Å². The van der Waals surface area contributed by atoms with E-state index in [1.165, 1.54) is 0 Å². The lowest BCUT2D eigenvalue weighted by molar-refractivity contribution is 0.267. The number of hydrogen-bond acceptors (Lipinski definition) is 3. The molecule has 0 unspecified atom stereocenters. The van der Waals surface area contributed by atoms with Crippen LogP contribution in [0, 0.1) is 0 Å². The lowest BCUT2D eigenvalue weighted by Crippen LogP contribution is -2.03. The highest BCUT2D eigenvalue weighted by Gasteiger charge is 2.06. The van der Waals surface area contributed by atoms with Crippen molar-refractivity contribution in [3.8, 4) is 5.75 Å². The SMILES string of the molecule is CCSCCOc1c(Cl)cccc1CO. The fourth-order valence-corrected chi connectivity index (χ4v) is 1.93. The largest absolute Gasteiger partial charge is 0.491 e. The molecular formula is C11H15ClO2S. The van der Waals surface area contributed by atoms with Crippen molar-refractivity contribution in [3.05, 3.63) is 28.8 Å². The fraction of sp³-hybridized carbons (Fsp3) is 0.455. The average Bonchev–Trinajstić information content (AvgIpc) is 2.26.